The predicted molar refractivity (Wildman–Crippen MR) is 106 cm³/mol. The Hall–Kier alpha value is -3.87. The van der Waals surface area contributed by atoms with E-state index < -0.39 is 0 Å². The van der Waals surface area contributed by atoms with Gasteiger partial charge in [0.2, 0.25) is 5.91 Å². The molecule has 0 aliphatic carbocycles. The summed E-state index contributed by atoms with van der Waals surface area (Å²) in [6.45, 7) is 0. The number of carbonyl (C=O) groups excluding carboxylic acids is 1. The van der Waals surface area contributed by atoms with Gasteiger partial charge in [-0.05, 0) is 35.9 Å². The zero-order chi connectivity index (χ0) is 19.8. The number of ether oxygens (including phenoxy) is 3. The van der Waals surface area contributed by atoms with Crippen molar-refractivity contribution < 1.29 is 19.0 Å². The fourth-order valence-corrected chi connectivity index (χ4v) is 2.34. The van der Waals surface area contributed by atoms with E-state index in [1.807, 2.05) is 24.3 Å². The maximum atomic E-state index is 12.1. The second-order valence-electron chi connectivity index (χ2n) is 5.61. The minimum atomic E-state index is -0.310. The number of para-hydroxylation sites is 1. The van der Waals surface area contributed by atoms with Gasteiger partial charge in [-0.2, -0.15) is 0 Å². The molecule has 0 unspecified atom stereocenters. The Morgan fingerprint density at radius 2 is 1.68 bits per heavy atom. The molecule has 1 amide bonds. The van der Waals surface area contributed by atoms with Crippen LogP contribution in [0.2, 0.25) is 0 Å². The molecule has 0 radical (unpaired) electrons. The highest BCUT2D eigenvalue weighted by Gasteiger charge is 2.05. The Balaban J connectivity index is 1.59. The first-order chi connectivity index (χ1) is 13.7. The lowest BCUT2D eigenvalue weighted by Gasteiger charge is -2.07. The minimum absolute atomic E-state index is 0.199. The smallest absolute Gasteiger partial charge is 0.322 e. The van der Waals surface area contributed by atoms with Gasteiger partial charge < -0.3 is 19.5 Å². The molecule has 28 heavy (non-hydrogen) atoms. The van der Waals surface area contributed by atoms with Crippen molar-refractivity contribution in [1.82, 2.24) is 9.97 Å². The van der Waals surface area contributed by atoms with Gasteiger partial charge in [-0.1, -0.05) is 24.3 Å². The van der Waals surface area contributed by atoms with E-state index in [1.54, 1.807) is 44.6 Å². The van der Waals surface area contributed by atoms with Gasteiger partial charge in [0.05, 0.1) is 32.3 Å². The molecule has 142 valence electrons. The number of rotatable bonds is 7. The topological polar surface area (TPSA) is 82.6 Å². The third-order valence-corrected chi connectivity index (χ3v) is 3.68. The van der Waals surface area contributed by atoms with Crippen molar-refractivity contribution in [2.24, 2.45) is 0 Å². The summed E-state index contributed by atoms with van der Waals surface area (Å²) >= 11 is 0. The second kappa shape index (κ2) is 9.18. The molecule has 7 nitrogen and oxygen atoms in total. The van der Waals surface area contributed by atoms with Crippen molar-refractivity contribution in [2.75, 3.05) is 19.5 Å². The van der Waals surface area contributed by atoms with Crippen molar-refractivity contribution >= 4 is 17.7 Å². The normalized spacial score (nSPS) is 10.5. The Bertz CT molecular complexity index is 957. The zero-order valence-electron chi connectivity index (χ0n) is 15.5. The predicted octanol–water partition coefficient (Wildman–Crippen LogP) is 3.94. The van der Waals surface area contributed by atoms with Gasteiger partial charge in [0.15, 0.2) is 11.5 Å². The summed E-state index contributed by atoms with van der Waals surface area (Å²) in [5, 5.41) is 2.69. The number of amides is 1. The number of carbonyl (C=O) groups is 1. The van der Waals surface area contributed by atoms with E-state index >= 15 is 0 Å². The maximum absolute atomic E-state index is 12.1. The van der Waals surface area contributed by atoms with Crippen LogP contribution in [-0.4, -0.2) is 30.1 Å². The summed E-state index contributed by atoms with van der Waals surface area (Å²) in [5.74, 6) is 1.54. The molecule has 0 saturated heterocycles. The summed E-state index contributed by atoms with van der Waals surface area (Å²) in [4.78, 5) is 20.3. The van der Waals surface area contributed by atoms with Crippen LogP contribution in [0, 0.1) is 0 Å². The van der Waals surface area contributed by atoms with Gasteiger partial charge in [0.25, 0.3) is 0 Å². The van der Waals surface area contributed by atoms with Crippen LogP contribution >= 0.6 is 0 Å². The van der Waals surface area contributed by atoms with Gasteiger partial charge in [-0.15, -0.1) is 0 Å². The number of hydrogen-bond donors (Lipinski definition) is 1. The van der Waals surface area contributed by atoms with E-state index in [2.05, 4.69) is 15.3 Å². The number of nitrogens with one attached hydrogen (secondary N) is 1. The summed E-state index contributed by atoms with van der Waals surface area (Å²) < 4.78 is 15.9. The van der Waals surface area contributed by atoms with E-state index in [4.69, 9.17) is 14.2 Å². The highest BCUT2D eigenvalue weighted by Crippen LogP contribution is 2.28. The monoisotopic (exact) mass is 377 g/mol. The van der Waals surface area contributed by atoms with Crippen LogP contribution in [-0.2, 0) is 4.79 Å². The fourth-order valence-electron chi connectivity index (χ4n) is 2.34. The zero-order valence-corrected chi connectivity index (χ0v) is 15.5. The molecule has 0 bridgehead atoms. The maximum Gasteiger partial charge on any atom is 0.322 e. The average Bonchev–Trinajstić information content (AvgIpc) is 2.74. The molecule has 7 heteroatoms. The number of nitrogens with zero attached hydrogens (tertiary/aromatic N) is 2. The summed E-state index contributed by atoms with van der Waals surface area (Å²) in [7, 11) is 3.13. The number of benzene rings is 2. The molecule has 0 spiro atoms. The quantitative estimate of drug-likeness (QED) is 0.628. The summed E-state index contributed by atoms with van der Waals surface area (Å²) in [6.07, 6.45) is 6.04. The molecule has 0 aliphatic rings. The third-order valence-electron chi connectivity index (χ3n) is 3.68. The number of anilines is 1. The van der Waals surface area contributed by atoms with Crippen molar-refractivity contribution in [3.63, 3.8) is 0 Å². The van der Waals surface area contributed by atoms with E-state index in [1.165, 1.54) is 18.5 Å². The second-order valence-corrected chi connectivity index (χ2v) is 5.61. The summed E-state index contributed by atoms with van der Waals surface area (Å²) in [6, 6.07) is 14.8. The fraction of sp³-hybridized carbons (Fsp3) is 0.0952. The number of hydrogen-bond acceptors (Lipinski definition) is 6. The lowest BCUT2D eigenvalue weighted by Crippen LogP contribution is -2.08. The molecular formula is C21H19N3O4. The molecule has 0 atom stereocenters. The molecule has 0 aliphatic heterocycles. The third kappa shape index (κ3) is 5.07. The van der Waals surface area contributed by atoms with Gasteiger partial charge in [0.1, 0.15) is 5.75 Å². The average molecular weight is 377 g/mol. The lowest BCUT2D eigenvalue weighted by atomic mass is 10.2. The van der Waals surface area contributed by atoms with E-state index in [-0.39, 0.29) is 11.9 Å². The Morgan fingerprint density at radius 1 is 0.964 bits per heavy atom. The van der Waals surface area contributed by atoms with Crippen molar-refractivity contribution in [3.05, 3.63) is 72.6 Å². The standard InChI is InChI=1S/C21H19N3O4/c1-26-18-10-8-15(12-19(18)27-2)9-11-20(25)24-16-13-22-21(23-14-16)28-17-6-4-3-5-7-17/h3-14H,1-2H3,(H,24,25)/b11-9+. The van der Waals surface area contributed by atoms with E-state index in [9.17, 15) is 4.79 Å². The largest absolute Gasteiger partial charge is 0.493 e. The highest BCUT2D eigenvalue weighted by atomic mass is 16.5. The van der Waals surface area contributed by atoms with E-state index in [0.29, 0.717) is 22.9 Å². The first-order valence-corrected chi connectivity index (χ1v) is 8.44. The molecule has 0 saturated carbocycles. The molecular weight excluding hydrogens is 358 g/mol. The molecule has 1 heterocycles. The van der Waals surface area contributed by atoms with Gasteiger partial charge in [-0.3, -0.25) is 4.79 Å². The Labute approximate surface area is 162 Å². The van der Waals surface area contributed by atoms with Crippen molar-refractivity contribution in [2.45, 2.75) is 0 Å². The van der Waals surface area contributed by atoms with E-state index in [0.717, 1.165) is 5.56 Å². The van der Waals surface area contributed by atoms with Crippen LogP contribution in [0.15, 0.2) is 67.0 Å². The Morgan fingerprint density at radius 3 is 2.36 bits per heavy atom. The van der Waals surface area contributed by atoms with Crippen LogP contribution in [0.1, 0.15) is 5.56 Å². The van der Waals surface area contributed by atoms with Gasteiger partial charge >= 0.3 is 6.01 Å². The molecule has 3 rings (SSSR count). The van der Waals surface area contributed by atoms with Crippen LogP contribution in [0.5, 0.6) is 23.3 Å². The van der Waals surface area contributed by atoms with Crippen LogP contribution < -0.4 is 19.5 Å². The molecule has 1 aromatic heterocycles. The van der Waals surface area contributed by atoms with Crippen molar-refractivity contribution in [1.29, 1.82) is 0 Å². The molecule has 0 fully saturated rings. The molecule has 2 aromatic carbocycles. The van der Waals surface area contributed by atoms with Gasteiger partial charge in [-0.25, -0.2) is 9.97 Å². The van der Waals surface area contributed by atoms with Crippen LogP contribution in [0.25, 0.3) is 6.08 Å². The number of methoxy groups -OCH3 is 2. The molecule has 3 aromatic rings. The summed E-state index contributed by atoms with van der Waals surface area (Å²) in [5.41, 5.74) is 1.26. The van der Waals surface area contributed by atoms with Crippen molar-refractivity contribution in [3.8, 4) is 23.3 Å². The highest BCUT2D eigenvalue weighted by molar-refractivity contribution is 6.01. The first-order valence-electron chi connectivity index (χ1n) is 8.44. The number of aromatic nitrogens is 2. The first kappa shape index (κ1) is 18.9. The van der Waals surface area contributed by atoms with Crippen LogP contribution in [0.4, 0.5) is 5.69 Å². The van der Waals surface area contributed by atoms with Crippen LogP contribution in [0.3, 0.4) is 0 Å². The Kier molecular flexibility index (Phi) is 6.20. The SMILES string of the molecule is COc1ccc(/C=C/C(=O)Nc2cnc(Oc3ccccc3)nc2)cc1OC. The molecule has 1 N–H and O–H groups in total. The van der Waals surface area contributed by atoms with Gasteiger partial charge in [0, 0.05) is 6.08 Å². The minimum Gasteiger partial charge on any atom is -0.493 e. The lowest BCUT2D eigenvalue weighted by molar-refractivity contribution is -0.111.